The van der Waals surface area contributed by atoms with Crippen molar-refractivity contribution in [2.75, 3.05) is 40.3 Å². The highest BCUT2D eigenvalue weighted by molar-refractivity contribution is 6.02. The Balaban J connectivity index is 1.85. The second-order valence-electron chi connectivity index (χ2n) is 7.27. The molecule has 0 atom stereocenters. The number of likely N-dealkylation sites (tertiary alicyclic amines) is 1. The van der Waals surface area contributed by atoms with E-state index in [1.807, 2.05) is 42.1 Å². The maximum Gasteiger partial charge on any atom is 0.290 e. The Bertz CT molecular complexity index is 790. The summed E-state index contributed by atoms with van der Waals surface area (Å²) in [5.74, 6) is 0.606. The minimum atomic E-state index is -0.248. The molecular weight excluding hydrogens is 330 g/mol. The van der Waals surface area contributed by atoms with Gasteiger partial charge < -0.3 is 15.1 Å². The lowest BCUT2D eigenvalue weighted by Crippen LogP contribution is -2.38. The van der Waals surface area contributed by atoms with Crippen LogP contribution in [0.2, 0.25) is 0 Å². The van der Waals surface area contributed by atoms with E-state index < -0.39 is 0 Å². The van der Waals surface area contributed by atoms with Crippen LogP contribution in [0.4, 0.5) is 0 Å². The van der Waals surface area contributed by atoms with Gasteiger partial charge >= 0.3 is 0 Å². The van der Waals surface area contributed by atoms with Gasteiger partial charge in [0.15, 0.2) is 5.69 Å². The van der Waals surface area contributed by atoms with Crippen LogP contribution in [0.15, 0.2) is 24.4 Å². The van der Waals surface area contributed by atoms with Crippen molar-refractivity contribution < 1.29 is 9.59 Å². The van der Waals surface area contributed by atoms with E-state index in [0.29, 0.717) is 29.5 Å². The third kappa shape index (κ3) is 3.88. The molecule has 1 saturated heterocycles. The second-order valence-corrected chi connectivity index (χ2v) is 7.27. The molecule has 2 amide bonds. The number of nitrogens with one attached hydrogen (secondary N) is 1. The van der Waals surface area contributed by atoms with E-state index in [9.17, 15) is 9.59 Å². The van der Waals surface area contributed by atoms with Crippen molar-refractivity contribution in [3.63, 3.8) is 0 Å². The number of hydrogen-bond acceptors (Lipinski definition) is 4. The average molecular weight is 357 g/mol. The van der Waals surface area contributed by atoms with Gasteiger partial charge in [0.05, 0.1) is 5.52 Å². The lowest BCUT2D eigenvalue weighted by atomic mass is 9.99. The van der Waals surface area contributed by atoms with Gasteiger partial charge in [-0.05, 0) is 45.0 Å². The van der Waals surface area contributed by atoms with Crippen LogP contribution in [0.1, 0.15) is 40.9 Å². The minimum absolute atomic E-state index is 0.106. The molecule has 7 heteroatoms. The summed E-state index contributed by atoms with van der Waals surface area (Å²) in [4.78, 5) is 33.8. The standard InChI is InChI=1S/C19H27N5O2/c1-14-7-11-23(12-8-14)19(26)17-21-16(15-6-4-5-10-24(15)17)18(25)20-9-13-22(2)3/h4-6,10,14H,7-9,11-13H2,1-3H3,(H,20,25). The predicted octanol–water partition coefficient (Wildman–Crippen LogP) is 1.50. The number of pyridine rings is 1. The topological polar surface area (TPSA) is 70.0 Å². The minimum Gasteiger partial charge on any atom is -0.349 e. The maximum absolute atomic E-state index is 13.0. The smallest absolute Gasteiger partial charge is 0.290 e. The Morgan fingerprint density at radius 3 is 2.69 bits per heavy atom. The van der Waals surface area contributed by atoms with Crippen molar-refractivity contribution in [1.82, 2.24) is 24.5 Å². The number of nitrogens with zero attached hydrogens (tertiary/aromatic N) is 4. The van der Waals surface area contributed by atoms with Crippen LogP contribution < -0.4 is 5.32 Å². The summed E-state index contributed by atoms with van der Waals surface area (Å²) in [6.07, 6.45) is 3.80. The highest BCUT2D eigenvalue weighted by atomic mass is 16.2. The molecule has 0 saturated carbocycles. The van der Waals surface area contributed by atoms with Crippen LogP contribution in [-0.4, -0.2) is 71.3 Å². The molecule has 0 radical (unpaired) electrons. The Morgan fingerprint density at radius 1 is 1.27 bits per heavy atom. The number of carbonyl (C=O) groups is 2. The van der Waals surface area contributed by atoms with Gasteiger partial charge in [-0.2, -0.15) is 0 Å². The van der Waals surface area contributed by atoms with E-state index >= 15 is 0 Å². The van der Waals surface area contributed by atoms with Gasteiger partial charge in [-0.1, -0.05) is 13.0 Å². The van der Waals surface area contributed by atoms with E-state index in [0.717, 1.165) is 32.5 Å². The number of imidazole rings is 1. The molecule has 26 heavy (non-hydrogen) atoms. The highest BCUT2D eigenvalue weighted by Gasteiger charge is 2.27. The average Bonchev–Trinajstić information content (AvgIpc) is 3.01. The Hall–Kier alpha value is -2.41. The van der Waals surface area contributed by atoms with Crippen LogP contribution in [0.3, 0.4) is 0 Å². The number of amides is 2. The monoisotopic (exact) mass is 357 g/mol. The van der Waals surface area contributed by atoms with Gasteiger partial charge in [0.1, 0.15) is 0 Å². The summed E-state index contributed by atoms with van der Waals surface area (Å²) in [5.41, 5.74) is 0.960. The molecule has 1 aliphatic rings. The lowest BCUT2D eigenvalue weighted by molar-refractivity contribution is 0.0684. The number of piperidine rings is 1. The molecule has 2 aromatic heterocycles. The zero-order chi connectivity index (χ0) is 18.7. The summed E-state index contributed by atoms with van der Waals surface area (Å²) in [6, 6.07) is 5.52. The van der Waals surface area contributed by atoms with Crippen LogP contribution in [0.5, 0.6) is 0 Å². The molecule has 3 heterocycles. The van der Waals surface area contributed by atoms with Gasteiger partial charge in [0.25, 0.3) is 11.8 Å². The van der Waals surface area contributed by atoms with Gasteiger partial charge in [0, 0.05) is 32.4 Å². The first-order chi connectivity index (χ1) is 12.5. The van der Waals surface area contributed by atoms with E-state index in [-0.39, 0.29) is 11.8 Å². The van der Waals surface area contributed by atoms with E-state index in [4.69, 9.17) is 0 Å². The quantitative estimate of drug-likeness (QED) is 0.880. The molecule has 1 aliphatic heterocycles. The third-order valence-electron chi connectivity index (χ3n) is 4.87. The van der Waals surface area contributed by atoms with E-state index in [1.54, 1.807) is 10.6 Å². The fourth-order valence-corrected chi connectivity index (χ4v) is 3.19. The van der Waals surface area contributed by atoms with Crippen molar-refractivity contribution in [1.29, 1.82) is 0 Å². The molecule has 0 spiro atoms. The second kappa shape index (κ2) is 7.86. The fraction of sp³-hybridized carbons (Fsp3) is 0.526. The molecule has 0 aliphatic carbocycles. The molecule has 0 unspecified atom stereocenters. The Labute approximate surface area is 154 Å². The number of aromatic nitrogens is 2. The Kier molecular flexibility index (Phi) is 5.56. The lowest BCUT2D eigenvalue weighted by Gasteiger charge is -2.29. The first-order valence-corrected chi connectivity index (χ1v) is 9.16. The van der Waals surface area contributed by atoms with E-state index in [1.165, 1.54) is 0 Å². The zero-order valence-electron chi connectivity index (χ0n) is 15.7. The normalized spacial score (nSPS) is 15.6. The number of rotatable bonds is 5. The summed E-state index contributed by atoms with van der Waals surface area (Å²) in [5, 5.41) is 2.88. The summed E-state index contributed by atoms with van der Waals surface area (Å²) in [7, 11) is 3.91. The predicted molar refractivity (Wildman–Crippen MR) is 100 cm³/mol. The van der Waals surface area contributed by atoms with Gasteiger partial charge in [0.2, 0.25) is 5.82 Å². The molecule has 2 aromatic rings. The number of carbonyl (C=O) groups excluding carboxylic acids is 2. The fourth-order valence-electron chi connectivity index (χ4n) is 3.19. The van der Waals surface area contributed by atoms with Crippen LogP contribution >= 0.6 is 0 Å². The van der Waals surface area contributed by atoms with Crippen molar-refractivity contribution in [2.45, 2.75) is 19.8 Å². The maximum atomic E-state index is 13.0. The van der Waals surface area contributed by atoms with Crippen LogP contribution in [-0.2, 0) is 0 Å². The van der Waals surface area contributed by atoms with E-state index in [2.05, 4.69) is 17.2 Å². The zero-order valence-corrected chi connectivity index (χ0v) is 15.7. The molecule has 7 nitrogen and oxygen atoms in total. The molecular formula is C19H27N5O2. The molecule has 0 bridgehead atoms. The molecule has 140 valence electrons. The van der Waals surface area contributed by atoms with Crippen LogP contribution in [0, 0.1) is 5.92 Å². The molecule has 1 fully saturated rings. The largest absolute Gasteiger partial charge is 0.349 e. The van der Waals surface area contributed by atoms with Gasteiger partial charge in [-0.25, -0.2) is 4.98 Å². The van der Waals surface area contributed by atoms with Crippen molar-refractivity contribution in [3.05, 3.63) is 35.9 Å². The van der Waals surface area contributed by atoms with Gasteiger partial charge in [-0.3, -0.25) is 14.0 Å². The highest BCUT2D eigenvalue weighted by Crippen LogP contribution is 2.20. The Morgan fingerprint density at radius 2 is 2.00 bits per heavy atom. The summed E-state index contributed by atoms with van der Waals surface area (Å²) in [6.45, 7) is 4.97. The van der Waals surface area contributed by atoms with Crippen LogP contribution in [0.25, 0.3) is 5.52 Å². The SMILES string of the molecule is CC1CCN(C(=O)c2nc(C(=O)NCCN(C)C)c3ccccn23)CC1. The van der Waals surface area contributed by atoms with Crippen molar-refractivity contribution in [2.24, 2.45) is 5.92 Å². The first kappa shape index (κ1) is 18.4. The molecule has 3 rings (SSSR count). The summed E-state index contributed by atoms with van der Waals surface area (Å²) >= 11 is 0. The number of fused-ring (bicyclic) bond motifs is 1. The number of likely N-dealkylation sites (N-methyl/N-ethyl adjacent to an activating group) is 1. The van der Waals surface area contributed by atoms with Gasteiger partial charge in [-0.15, -0.1) is 0 Å². The molecule has 0 aromatic carbocycles. The van der Waals surface area contributed by atoms with Crippen molar-refractivity contribution >= 4 is 17.3 Å². The number of hydrogen-bond donors (Lipinski definition) is 1. The molecule has 1 N–H and O–H groups in total. The van der Waals surface area contributed by atoms with Crippen molar-refractivity contribution in [3.8, 4) is 0 Å². The third-order valence-corrected chi connectivity index (χ3v) is 4.87. The summed E-state index contributed by atoms with van der Waals surface area (Å²) < 4.78 is 1.72. The first-order valence-electron chi connectivity index (χ1n) is 9.16.